The van der Waals surface area contributed by atoms with Crippen LogP contribution in [0.2, 0.25) is 0 Å². The van der Waals surface area contributed by atoms with Crippen LogP contribution in [-0.4, -0.2) is 60.9 Å². The molecule has 0 aromatic heterocycles. The minimum absolute atomic E-state index is 0.566. The first-order valence-electron chi connectivity index (χ1n) is 13.8. The number of aliphatic imine (C=N–C) groups is 2. The molecule has 4 aromatic rings. The van der Waals surface area contributed by atoms with Crippen molar-refractivity contribution < 1.29 is 10.2 Å². The maximum absolute atomic E-state index is 11.0. The van der Waals surface area contributed by atoms with E-state index in [1.54, 1.807) is 0 Å². The molecular weight excluding hydrogens is 496 g/mol. The molecule has 6 nitrogen and oxygen atoms in total. The molecule has 6 heteroatoms. The smallest absolute Gasteiger partial charge is 0.121 e. The van der Waals surface area contributed by atoms with Crippen LogP contribution in [0.1, 0.15) is 34.5 Å². The molecular formula is C34H38N4O2. The highest BCUT2D eigenvalue weighted by Gasteiger charge is 2.17. The summed E-state index contributed by atoms with van der Waals surface area (Å²) in [6.45, 7) is 4.13. The van der Waals surface area contributed by atoms with E-state index >= 15 is 0 Å². The summed E-state index contributed by atoms with van der Waals surface area (Å²) in [5, 5.41) is 28.8. The Morgan fingerprint density at radius 3 is 1.15 bits per heavy atom. The molecule has 0 bridgehead atoms. The lowest BCUT2D eigenvalue weighted by atomic mass is 9.99. The molecule has 0 fully saturated rings. The van der Waals surface area contributed by atoms with Gasteiger partial charge < -0.3 is 20.8 Å². The van der Waals surface area contributed by atoms with Gasteiger partial charge in [0.25, 0.3) is 0 Å². The Morgan fingerprint density at radius 1 is 0.475 bits per heavy atom. The number of nitrogens with one attached hydrogen (secondary N) is 2. The van der Waals surface area contributed by atoms with Crippen molar-refractivity contribution in [2.45, 2.75) is 12.2 Å². The van der Waals surface area contributed by atoms with Gasteiger partial charge in [0.1, 0.15) is 12.2 Å². The van der Waals surface area contributed by atoms with Crippen LogP contribution in [0.25, 0.3) is 0 Å². The fourth-order valence-electron chi connectivity index (χ4n) is 4.41. The topological polar surface area (TPSA) is 89.2 Å². The van der Waals surface area contributed by atoms with Gasteiger partial charge in [-0.2, -0.15) is 0 Å². The molecule has 0 saturated carbocycles. The van der Waals surface area contributed by atoms with Crippen molar-refractivity contribution in [1.29, 1.82) is 0 Å². The molecule has 0 saturated heterocycles. The summed E-state index contributed by atoms with van der Waals surface area (Å²) in [6, 6.07) is 38.9. The van der Waals surface area contributed by atoms with E-state index < -0.39 is 12.2 Å². The van der Waals surface area contributed by atoms with E-state index in [0.717, 1.165) is 35.3 Å². The van der Waals surface area contributed by atoms with E-state index in [0.29, 0.717) is 37.6 Å². The molecule has 4 N–H and O–H groups in total. The molecule has 4 rings (SSSR count). The van der Waals surface area contributed by atoms with Crippen molar-refractivity contribution in [3.8, 4) is 0 Å². The first-order chi connectivity index (χ1) is 19.7. The van der Waals surface area contributed by atoms with E-state index in [4.69, 9.17) is 9.98 Å². The Kier molecular flexibility index (Phi) is 11.8. The van der Waals surface area contributed by atoms with Crippen molar-refractivity contribution in [3.05, 3.63) is 144 Å². The van der Waals surface area contributed by atoms with E-state index in [1.807, 2.05) is 121 Å². The molecule has 0 amide bonds. The van der Waals surface area contributed by atoms with Gasteiger partial charge in [0, 0.05) is 26.2 Å². The van der Waals surface area contributed by atoms with Crippen molar-refractivity contribution in [1.82, 2.24) is 10.6 Å². The van der Waals surface area contributed by atoms with Crippen LogP contribution in [0.15, 0.2) is 131 Å². The van der Waals surface area contributed by atoms with Crippen molar-refractivity contribution in [3.63, 3.8) is 0 Å². The third-order valence-corrected chi connectivity index (χ3v) is 6.51. The maximum atomic E-state index is 11.0. The van der Waals surface area contributed by atoms with Crippen LogP contribution in [0.4, 0.5) is 0 Å². The van der Waals surface area contributed by atoms with Gasteiger partial charge in [-0.1, -0.05) is 121 Å². The lowest BCUT2D eigenvalue weighted by Gasteiger charge is -2.15. The second-order valence-corrected chi connectivity index (χ2v) is 9.39. The summed E-state index contributed by atoms with van der Waals surface area (Å²) in [6.07, 6.45) is -1.54. The van der Waals surface area contributed by atoms with Gasteiger partial charge >= 0.3 is 0 Å². The molecule has 0 radical (unpaired) electrons. The van der Waals surface area contributed by atoms with Crippen LogP contribution in [-0.2, 0) is 0 Å². The van der Waals surface area contributed by atoms with Crippen molar-refractivity contribution >= 4 is 11.4 Å². The van der Waals surface area contributed by atoms with Crippen LogP contribution in [0.5, 0.6) is 0 Å². The number of aliphatic hydroxyl groups is 2. The minimum atomic E-state index is -0.771. The predicted octanol–water partition coefficient (Wildman–Crippen LogP) is 4.61. The Balaban J connectivity index is 1.22. The van der Waals surface area contributed by atoms with E-state index in [-0.39, 0.29) is 0 Å². The standard InChI is InChI=1S/C34H38N4O2/c39-33(29-17-9-3-10-18-29)31(27-13-5-1-6-14-27)37-25-23-35-21-22-36-24-26-38-32(28-15-7-2-8-16-28)34(40)30-19-11-4-12-20-30/h1-20,33-36,39-40H,21-26H2. The molecule has 0 aliphatic rings. The largest absolute Gasteiger partial charge is 0.382 e. The van der Waals surface area contributed by atoms with E-state index in [1.165, 1.54) is 0 Å². The molecule has 206 valence electrons. The Labute approximate surface area is 237 Å². The molecule has 40 heavy (non-hydrogen) atoms. The summed E-state index contributed by atoms with van der Waals surface area (Å²) < 4.78 is 0. The second kappa shape index (κ2) is 16.2. The SMILES string of the molecule is OC(C(=NCCNCCNCCN=C(c1ccccc1)C(O)c1ccccc1)c1ccccc1)c1ccccc1. The normalized spacial score (nSPS) is 13.7. The Bertz CT molecular complexity index is 1210. The van der Waals surface area contributed by atoms with Crippen molar-refractivity contribution in [2.24, 2.45) is 9.98 Å². The second-order valence-electron chi connectivity index (χ2n) is 9.39. The van der Waals surface area contributed by atoms with Crippen molar-refractivity contribution in [2.75, 3.05) is 39.3 Å². The molecule has 0 spiro atoms. The van der Waals surface area contributed by atoms with Gasteiger partial charge in [-0.05, 0) is 22.3 Å². The number of hydrogen-bond acceptors (Lipinski definition) is 6. The zero-order valence-electron chi connectivity index (χ0n) is 22.7. The third kappa shape index (κ3) is 8.79. The lowest BCUT2D eigenvalue weighted by Crippen LogP contribution is -2.30. The average molecular weight is 535 g/mol. The van der Waals surface area contributed by atoms with Crippen LogP contribution in [0.3, 0.4) is 0 Å². The van der Waals surface area contributed by atoms with Crippen LogP contribution < -0.4 is 10.6 Å². The summed E-state index contributed by atoms with van der Waals surface area (Å²) in [7, 11) is 0. The first kappa shape index (κ1) is 29.1. The quantitative estimate of drug-likeness (QED) is 0.132. The Morgan fingerprint density at radius 2 is 0.800 bits per heavy atom. The highest BCUT2D eigenvalue weighted by Crippen LogP contribution is 2.20. The molecule has 4 aromatic carbocycles. The zero-order chi connectivity index (χ0) is 27.8. The average Bonchev–Trinajstić information content (AvgIpc) is 3.03. The Hall–Kier alpha value is -3.94. The molecule has 0 aliphatic carbocycles. The summed E-state index contributed by atoms with van der Waals surface area (Å²) >= 11 is 0. The third-order valence-electron chi connectivity index (χ3n) is 6.51. The fourth-order valence-corrected chi connectivity index (χ4v) is 4.41. The highest BCUT2D eigenvalue weighted by molar-refractivity contribution is 6.04. The van der Waals surface area contributed by atoms with Gasteiger partial charge in [-0.3, -0.25) is 9.98 Å². The zero-order valence-corrected chi connectivity index (χ0v) is 22.7. The monoisotopic (exact) mass is 534 g/mol. The van der Waals surface area contributed by atoms with Gasteiger partial charge in [0.15, 0.2) is 0 Å². The summed E-state index contributed by atoms with van der Waals surface area (Å²) in [4.78, 5) is 9.50. The van der Waals surface area contributed by atoms with Crippen LogP contribution in [0, 0.1) is 0 Å². The molecule has 2 atom stereocenters. The van der Waals surface area contributed by atoms with Gasteiger partial charge in [0.05, 0.1) is 24.5 Å². The first-order valence-corrected chi connectivity index (χ1v) is 13.8. The number of rotatable bonds is 15. The number of hydrogen-bond donors (Lipinski definition) is 4. The van der Waals surface area contributed by atoms with Gasteiger partial charge in [-0.25, -0.2) is 0 Å². The van der Waals surface area contributed by atoms with E-state index in [9.17, 15) is 10.2 Å². The summed E-state index contributed by atoms with van der Waals surface area (Å²) in [5.74, 6) is 0. The van der Waals surface area contributed by atoms with Crippen LogP contribution >= 0.6 is 0 Å². The number of benzene rings is 4. The molecule has 0 aliphatic heterocycles. The lowest BCUT2D eigenvalue weighted by molar-refractivity contribution is 0.247. The van der Waals surface area contributed by atoms with Gasteiger partial charge in [-0.15, -0.1) is 0 Å². The predicted molar refractivity (Wildman–Crippen MR) is 164 cm³/mol. The van der Waals surface area contributed by atoms with Gasteiger partial charge in [0.2, 0.25) is 0 Å². The number of aliphatic hydroxyl groups excluding tert-OH is 2. The molecule has 0 heterocycles. The van der Waals surface area contributed by atoms with E-state index in [2.05, 4.69) is 10.6 Å². The number of nitrogens with zero attached hydrogens (tertiary/aromatic N) is 2. The minimum Gasteiger partial charge on any atom is -0.382 e. The fraction of sp³-hybridized carbons (Fsp3) is 0.235. The molecule has 2 unspecified atom stereocenters. The summed E-state index contributed by atoms with van der Waals surface area (Å²) in [5.41, 5.74) is 4.86. The maximum Gasteiger partial charge on any atom is 0.121 e. The highest BCUT2D eigenvalue weighted by atomic mass is 16.3.